The number of carbonyl (C=O) groups excluding carboxylic acids is 4. The van der Waals surface area contributed by atoms with Gasteiger partial charge in [0.2, 0.25) is 23.6 Å². The quantitative estimate of drug-likeness (QED) is 0.671. The zero-order chi connectivity index (χ0) is 22.6. The van der Waals surface area contributed by atoms with E-state index in [1.807, 2.05) is 72.6 Å². The predicted octanol–water partition coefficient (Wildman–Crippen LogP) is 1.20. The smallest absolute Gasteiger partial charge is 0.235 e. The first kappa shape index (κ1) is 19.4. The van der Waals surface area contributed by atoms with Gasteiger partial charge in [-0.05, 0) is 18.2 Å². The summed E-state index contributed by atoms with van der Waals surface area (Å²) < 4.78 is 0. The number of amides is 4. The van der Waals surface area contributed by atoms with Crippen LogP contribution in [0.3, 0.4) is 0 Å². The molecule has 2 aromatic rings. The van der Waals surface area contributed by atoms with E-state index >= 15 is 0 Å². The number of imide groups is 2. The average Bonchev–Trinajstić information content (AvgIpc) is 3.39. The van der Waals surface area contributed by atoms with Crippen LogP contribution in [0.2, 0.25) is 0 Å². The average molecular weight is 429 g/mol. The van der Waals surface area contributed by atoms with Gasteiger partial charge in [0, 0.05) is 14.1 Å². The minimum atomic E-state index is -1.10. The van der Waals surface area contributed by atoms with Gasteiger partial charge in [0.1, 0.15) is 0 Å². The molecule has 4 fully saturated rings. The summed E-state index contributed by atoms with van der Waals surface area (Å²) in [6.07, 6.45) is 0. The van der Waals surface area contributed by atoms with E-state index in [2.05, 4.69) is 0 Å². The fourth-order valence-corrected chi connectivity index (χ4v) is 7.43. The fourth-order valence-electron chi connectivity index (χ4n) is 7.43. The minimum Gasteiger partial charge on any atom is -0.285 e. The first-order chi connectivity index (χ1) is 15.3. The van der Waals surface area contributed by atoms with Gasteiger partial charge < -0.3 is 0 Å². The Morgan fingerprint density at radius 3 is 1.09 bits per heavy atom. The number of hydrogen-bond donors (Lipinski definition) is 0. The Hall–Kier alpha value is -3.32. The maximum absolute atomic E-state index is 13.6. The number of hydrogen-bond acceptors (Lipinski definition) is 5. The largest absolute Gasteiger partial charge is 0.285 e. The predicted molar refractivity (Wildman–Crippen MR) is 114 cm³/mol. The molecule has 7 heteroatoms. The van der Waals surface area contributed by atoms with E-state index in [1.54, 1.807) is 0 Å². The Morgan fingerprint density at radius 1 is 0.531 bits per heavy atom. The standard InChI is InChI=1S/C25H23N3O4/c1-26-20(29)16-17(21(26)30)25(15-12-8-5-9-13-15)19-18(22(31)27(2)23(19)32)24(16,28(25)3)14-10-6-4-7-11-14/h4-13,16-19H,1-3H3/t16-,17+,18+,19-,24?,25?. The molecule has 0 N–H and O–H groups in total. The lowest BCUT2D eigenvalue weighted by Crippen LogP contribution is -2.52. The topological polar surface area (TPSA) is 78.0 Å². The first-order valence-electron chi connectivity index (χ1n) is 10.8. The number of carbonyl (C=O) groups is 4. The van der Waals surface area contributed by atoms with E-state index in [0.717, 1.165) is 11.1 Å². The lowest BCUT2D eigenvalue weighted by molar-refractivity contribution is -0.144. The van der Waals surface area contributed by atoms with Crippen molar-refractivity contribution in [3.05, 3.63) is 71.8 Å². The summed E-state index contributed by atoms with van der Waals surface area (Å²) >= 11 is 0. The van der Waals surface area contributed by atoms with Crippen LogP contribution in [0.5, 0.6) is 0 Å². The molecular weight excluding hydrogens is 406 g/mol. The molecule has 4 aliphatic heterocycles. The van der Waals surface area contributed by atoms with E-state index in [4.69, 9.17) is 0 Å². The maximum Gasteiger partial charge on any atom is 0.235 e. The molecule has 162 valence electrons. The fraction of sp³-hybridized carbons (Fsp3) is 0.360. The molecule has 7 nitrogen and oxygen atoms in total. The van der Waals surface area contributed by atoms with E-state index < -0.39 is 34.7 Å². The highest BCUT2D eigenvalue weighted by molar-refractivity contribution is 6.13. The summed E-state index contributed by atoms with van der Waals surface area (Å²) in [7, 11) is 4.88. The van der Waals surface area contributed by atoms with Crippen LogP contribution < -0.4 is 0 Å². The van der Waals surface area contributed by atoms with E-state index in [0.29, 0.717) is 0 Å². The second kappa shape index (κ2) is 5.92. The summed E-state index contributed by atoms with van der Waals surface area (Å²) in [5.41, 5.74) is -0.616. The third kappa shape index (κ3) is 1.74. The van der Waals surface area contributed by atoms with Gasteiger partial charge >= 0.3 is 0 Å². The third-order valence-electron chi connectivity index (χ3n) is 8.53. The van der Waals surface area contributed by atoms with Crippen molar-refractivity contribution in [2.75, 3.05) is 21.1 Å². The number of nitrogens with zero attached hydrogens (tertiary/aromatic N) is 3. The van der Waals surface area contributed by atoms with Crippen molar-refractivity contribution in [1.82, 2.24) is 14.7 Å². The van der Waals surface area contributed by atoms with Crippen LogP contribution in [0.25, 0.3) is 0 Å². The second-order valence-corrected chi connectivity index (χ2v) is 9.32. The van der Waals surface area contributed by atoms with Crippen molar-refractivity contribution in [2.24, 2.45) is 23.7 Å². The summed E-state index contributed by atoms with van der Waals surface area (Å²) in [6.45, 7) is 0. The van der Waals surface area contributed by atoms with Gasteiger partial charge in [-0.3, -0.25) is 33.9 Å². The molecule has 4 amide bonds. The molecule has 0 spiro atoms. The molecular formula is C25H23N3O4. The Bertz CT molecular complexity index is 1060. The van der Waals surface area contributed by atoms with Crippen LogP contribution in [0.1, 0.15) is 11.1 Å². The van der Waals surface area contributed by atoms with Crippen molar-refractivity contribution >= 4 is 23.6 Å². The minimum absolute atomic E-state index is 0.290. The number of likely N-dealkylation sites (tertiary alicyclic amines) is 2. The highest BCUT2D eigenvalue weighted by Crippen LogP contribution is 2.75. The molecule has 2 aromatic carbocycles. The monoisotopic (exact) mass is 429 g/mol. The normalized spacial score (nSPS) is 38.1. The Balaban J connectivity index is 1.77. The summed E-state index contributed by atoms with van der Waals surface area (Å²) in [6, 6.07) is 18.9. The molecule has 4 heterocycles. The zero-order valence-corrected chi connectivity index (χ0v) is 18.1. The van der Waals surface area contributed by atoms with E-state index in [-0.39, 0.29) is 23.6 Å². The van der Waals surface area contributed by atoms with Gasteiger partial charge in [-0.1, -0.05) is 60.7 Å². The van der Waals surface area contributed by atoms with Crippen molar-refractivity contribution in [3.63, 3.8) is 0 Å². The Kier molecular flexibility index (Phi) is 3.59. The third-order valence-corrected chi connectivity index (χ3v) is 8.53. The van der Waals surface area contributed by atoms with Crippen molar-refractivity contribution in [1.29, 1.82) is 0 Å². The molecule has 32 heavy (non-hydrogen) atoms. The lowest BCUT2D eigenvalue weighted by Gasteiger charge is -2.42. The zero-order valence-electron chi connectivity index (χ0n) is 18.1. The van der Waals surface area contributed by atoms with Crippen molar-refractivity contribution in [3.8, 4) is 0 Å². The van der Waals surface area contributed by atoms with Gasteiger partial charge in [0.05, 0.1) is 34.7 Å². The SMILES string of the molecule is CN1C(=O)[C@@H]2[C@H](C1=O)C1(c3ccccc3)[C@@H]3C(=O)N(C)C(=O)[C@@H]3C2(c2ccccc2)N1C. The molecule has 2 bridgehead atoms. The Labute approximate surface area is 185 Å². The molecule has 6 rings (SSSR count). The van der Waals surface area contributed by atoms with Crippen LogP contribution >= 0.6 is 0 Å². The van der Waals surface area contributed by atoms with Gasteiger partial charge in [-0.15, -0.1) is 0 Å². The van der Waals surface area contributed by atoms with E-state index in [9.17, 15) is 19.2 Å². The second-order valence-electron chi connectivity index (χ2n) is 9.32. The molecule has 0 radical (unpaired) electrons. The van der Waals surface area contributed by atoms with Crippen molar-refractivity contribution < 1.29 is 19.2 Å². The van der Waals surface area contributed by atoms with Gasteiger partial charge in [0.25, 0.3) is 0 Å². The molecule has 0 aliphatic carbocycles. The van der Waals surface area contributed by atoms with Crippen LogP contribution in [-0.2, 0) is 30.3 Å². The number of benzene rings is 2. The van der Waals surface area contributed by atoms with Gasteiger partial charge in [0.15, 0.2) is 0 Å². The van der Waals surface area contributed by atoms with E-state index in [1.165, 1.54) is 23.9 Å². The lowest BCUT2D eigenvalue weighted by atomic mass is 9.55. The number of fused-ring (bicyclic) bond motifs is 8. The summed E-state index contributed by atoms with van der Waals surface area (Å²) in [4.78, 5) is 58.9. The number of rotatable bonds is 2. The molecule has 4 saturated heterocycles. The summed E-state index contributed by atoms with van der Waals surface area (Å²) in [5.74, 6) is -4.17. The van der Waals surface area contributed by atoms with Gasteiger partial charge in [-0.25, -0.2) is 0 Å². The molecule has 6 atom stereocenters. The van der Waals surface area contributed by atoms with Crippen LogP contribution in [0, 0.1) is 23.7 Å². The molecule has 2 unspecified atom stereocenters. The maximum atomic E-state index is 13.6. The molecule has 4 aliphatic rings. The van der Waals surface area contributed by atoms with Gasteiger partial charge in [-0.2, -0.15) is 0 Å². The van der Waals surface area contributed by atoms with Crippen LogP contribution in [-0.4, -0.2) is 59.5 Å². The first-order valence-corrected chi connectivity index (χ1v) is 10.8. The Morgan fingerprint density at radius 2 is 0.812 bits per heavy atom. The highest BCUT2D eigenvalue weighted by Gasteiger charge is 2.87. The summed E-state index contributed by atoms with van der Waals surface area (Å²) in [5, 5.41) is 0. The van der Waals surface area contributed by atoms with Crippen LogP contribution in [0.4, 0.5) is 0 Å². The highest BCUT2D eigenvalue weighted by atomic mass is 16.2. The van der Waals surface area contributed by atoms with Crippen molar-refractivity contribution in [2.45, 2.75) is 11.1 Å². The molecule has 0 saturated carbocycles. The van der Waals surface area contributed by atoms with Crippen LogP contribution in [0.15, 0.2) is 60.7 Å². The molecule has 0 aromatic heterocycles.